The number of benzene rings is 8. The maximum absolute atomic E-state index is 2.43. The topological polar surface area (TPSA) is 0 Å². The van der Waals surface area contributed by atoms with E-state index in [0.29, 0.717) is 0 Å². The van der Waals surface area contributed by atoms with Gasteiger partial charge in [0, 0.05) is 0 Å². The Labute approximate surface area is 250 Å². The van der Waals surface area contributed by atoms with Crippen LogP contribution in [0.4, 0.5) is 0 Å². The van der Waals surface area contributed by atoms with E-state index in [0.717, 1.165) is 6.42 Å². The van der Waals surface area contributed by atoms with Gasteiger partial charge in [0.15, 0.2) is 0 Å². The van der Waals surface area contributed by atoms with Crippen molar-refractivity contribution in [2.45, 2.75) is 6.42 Å². The van der Waals surface area contributed by atoms with Crippen LogP contribution in [0.15, 0.2) is 146 Å². The molecule has 0 nitrogen and oxygen atoms in total. The molecule has 0 aliphatic heterocycles. The molecule has 43 heavy (non-hydrogen) atoms. The van der Waals surface area contributed by atoms with E-state index in [1.807, 2.05) is 0 Å². The highest BCUT2D eigenvalue weighted by atomic mass is 14.3. The monoisotopic (exact) mass is 542 g/mol. The Balaban J connectivity index is 1.11. The van der Waals surface area contributed by atoms with Crippen molar-refractivity contribution in [2.24, 2.45) is 0 Å². The summed E-state index contributed by atoms with van der Waals surface area (Å²) in [6, 6.07) is 54.3. The van der Waals surface area contributed by atoms with Gasteiger partial charge in [0.2, 0.25) is 0 Å². The van der Waals surface area contributed by atoms with E-state index >= 15 is 0 Å². The molecule has 8 aromatic carbocycles. The molecule has 0 aromatic heterocycles. The lowest BCUT2D eigenvalue weighted by atomic mass is 9.90. The summed E-state index contributed by atoms with van der Waals surface area (Å²) >= 11 is 0. The van der Waals surface area contributed by atoms with Gasteiger partial charge in [-0.1, -0.05) is 127 Å². The van der Waals surface area contributed by atoms with Crippen LogP contribution in [0.2, 0.25) is 0 Å². The molecule has 0 spiro atoms. The van der Waals surface area contributed by atoms with E-state index < -0.39 is 0 Å². The highest BCUT2D eigenvalue weighted by Crippen LogP contribution is 2.51. The largest absolute Gasteiger partial charge is 0.0616 e. The molecule has 2 aliphatic rings. The Morgan fingerprint density at radius 3 is 1.63 bits per heavy atom. The molecule has 0 atom stereocenters. The van der Waals surface area contributed by atoms with E-state index in [1.165, 1.54) is 98.7 Å². The van der Waals surface area contributed by atoms with Crippen LogP contribution in [-0.4, -0.2) is 0 Å². The maximum atomic E-state index is 2.43. The lowest BCUT2D eigenvalue weighted by molar-refractivity contribution is 1.32. The molecule has 0 unspecified atom stereocenters. The van der Waals surface area contributed by atoms with Gasteiger partial charge in [-0.25, -0.2) is 0 Å². The fourth-order valence-electron chi connectivity index (χ4n) is 7.89. The maximum Gasteiger partial charge on any atom is -0.000704 e. The second kappa shape index (κ2) is 8.53. The van der Waals surface area contributed by atoms with Gasteiger partial charge in [-0.15, -0.1) is 0 Å². The Kier molecular flexibility index (Phi) is 4.59. The summed E-state index contributed by atoms with van der Waals surface area (Å²) in [5.41, 5.74) is 13.6. The molecule has 0 radical (unpaired) electrons. The average Bonchev–Trinajstić information content (AvgIpc) is 3.61. The van der Waals surface area contributed by atoms with E-state index in [2.05, 4.69) is 146 Å². The van der Waals surface area contributed by atoms with Crippen molar-refractivity contribution >= 4 is 54.2 Å². The van der Waals surface area contributed by atoms with Crippen molar-refractivity contribution in [3.05, 3.63) is 168 Å². The normalized spacial score (nSPS) is 13.4. The summed E-state index contributed by atoms with van der Waals surface area (Å²) in [5.74, 6) is 0. The summed E-state index contributed by atoms with van der Waals surface area (Å²) in [4.78, 5) is 0. The van der Waals surface area contributed by atoms with Crippen LogP contribution >= 0.6 is 0 Å². The van der Waals surface area contributed by atoms with Crippen LogP contribution in [0.25, 0.3) is 76.5 Å². The fourth-order valence-corrected chi connectivity index (χ4v) is 7.89. The summed E-state index contributed by atoms with van der Waals surface area (Å²) in [7, 11) is 0. The van der Waals surface area contributed by atoms with Gasteiger partial charge in [0.25, 0.3) is 0 Å². The summed E-state index contributed by atoms with van der Waals surface area (Å²) in [5, 5.41) is 10.6. The molecular weight excluding hydrogens is 516 g/mol. The third kappa shape index (κ3) is 3.21. The minimum atomic E-state index is 1.01. The average molecular weight is 543 g/mol. The number of fused-ring (bicyclic) bond motifs is 10. The number of hydrogen-bond acceptors (Lipinski definition) is 0. The lowest BCUT2D eigenvalue weighted by Gasteiger charge is -2.13. The smallest absolute Gasteiger partial charge is 0.000704 e. The molecule has 0 heterocycles. The van der Waals surface area contributed by atoms with Crippen molar-refractivity contribution in [1.29, 1.82) is 0 Å². The highest BCUT2D eigenvalue weighted by molar-refractivity contribution is 6.26. The van der Waals surface area contributed by atoms with E-state index in [4.69, 9.17) is 0 Å². The van der Waals surface area contributed by atoms with Gasteiger partial charge in [-0.3, -0.25) is 0 Å². The quantitative estimate of drug-likeness (QED) is 0.191. The molecule has 8 aromatic rings. The zero-order valence-corrected chi connectivity index (χ0v) is 23.6. The first-order chi connectivity index (χ1) is 21.3. The Morgan fingerprint density at radius 1 is 0.349 bits per heavy atom. The number of hydrogen-bond donors (Lipinski definition) is 0. The molecule has 10 rings (SSSR count). The molecule has 198 valence electrons. The minimum Gasteiger partial charge on any atom is -0.0616 e. The molecule has 0 saturated carbocycles. The van der Waals surface area contributed by atoms with Crippen LogP contribution in [0, 0.1) is 0 Å². The van der Waals surface area contributed by atoms with Crippen LogP contribution in [0.1, 0.15) is 22.3 Å². The molecule has 0 saturated heterocycles. The van der Waals surface area contributed by atoms with Crippen molar-refractivity contribution in [2.75, 3.05) is 0 Å². The third-order valence-corrected chi connectivity index (χ3v) is 9.82. The van der Waals surface area contributed by atoms with Gasteiger partial charge in [0.1, 0.15) is 0 Å². The van der Waals surface area contributed by atoms with Crippen molar-refractivity contribution in [3.8, 4) is 22.3 Å². The lowest BCUT2D eigenvalue weighted by Crippen LogP contribution is -1.91. The number of allylic oxidation sites excluding steroid dienone is 1. The molecule has 0 heteroatoms. The van der Waals surface area contributed by atoms with Crippen LogP contribution in [-0.2, 0) is 6.42 Å². The van der Waals surface area contributed by atoms with E-state index in [-0.39, 0.29) is 0 Å². The standard InChI is InChI=1S/C43H26/c1-2-14-34-32(12-1)33-13-3-4-15-35(33)40-24-30(20-21-36(34)40)28-11-5-10-27(22-28)29-18-19-31-25-41-37-16-6-8-26-9-7-17-38(42(26)37)43(41)39(31)23-29/h1-24H,25H2. The molecule has 0 fully saturated rings. The summed E-state index contributed by atoms with van der Waals surface area (Å²) < 4.78 is 0. The minimum absolute atomic E-state index is 1.01. The highest BCUT2D eigenvalue weighted by Gasteiger charge is 2.31. The SMILES string of the molecule is c1cc(-c2ccc3c(c2)C2=C(C3)c3cccc4cccc2c34)cc(-c2ccc3c4ccccc4c4ccccc4c3c2)c1. The van der Waals surface area contributed by atoms with E-state index in [9.17, 15) is 0 Å². The first-order valence-corrected chi connectivity index (χ1v) is 15.1. The fraction of sp³-hybridized carbons (Fsp3) is 0.0233. The van der Waals surface area contributed by atoms with Crippen LogP contribution < -0.4 is 0 Å². The Morgan fingerprint density at radius 2 is 0.907 bits per heavy atom. The van der Waals surface area contributed by atoms with Crippen LogP contribution in [0.5, 0.6) is 0 Å². The molecule has 0 bridgehead atoms. The first kappa shape index (κ1) is 23.1. The van der Waals surface area contributed by atoms with Crippen molar-refractivity contribution in [1.82, 2.24) is 0 Å². The zero-order chi connectivity index (χ0) is 28.1. The third-order valence-electron chi connectivity index (χ3n) is 9.82. The second-order valence-electron chi connectivity index (χ2n) is 12.0. The van der Waals surface area contributed by atoms with Gasteiger partial charge < -0.3 is 0 Å². The van der Waals surface area contributed by atoms with Gasteiger partial charge in [-0.2, -0.15) is 0 Å². The van der Waals surface area contributed by atoms with E-state index in [1.54, 1.807) is 0 Å². The second-order valence-corrected chi connectivity index (χ2v) is 12.0. The van der Waals surface area contributed by atoms with Gasteiger partial charge in [0.05, 0.1) is 0 Å². The van der Waals surface area contributed by atoms with Crippen molar-refractivity contribution < 1.29 is 0 Å². The zero-order valence-electron chi connectivity index (χ0n) is 23.6. The van der Waals surface area contributed by atoms with Crippen molar-refractivity contribution in [3.63, 3.8) is 0 Å². The van der Waals surface area contributed by atoms with Gasteiger partial charge in [-0.05, 0) is 123 Å². The molecule has 0 N–H and O–H groups in total. The van der Waals surface area contributed by atoms with Crippen LogP contribution in [0.3, 0.4) is 0 Å². The summed E-state index contributed by atoms with van der Waals surface area (Å²) in [6.45, 7) is 0. The Hall–Kier alpha value is -5.46. The molecule has 0 amide bonds. The Bertz CT molecular complexity index is 2480. The molecular formula is C43H26. The number of rotatable bonds is 2. The predicted molar refractivity (Wildman–Crippen MR) is 183 cm³/mol. The molecule has 2 aliphatic carbocycles. The summed E-state index contributed by atoms with van der Waals surface area (Å²) in [6.07, 6.45) is 1.01. The first-order valence-electron chi connectivity index (χ1n) is 15.1. The predicted octanol–water partition coefficient (Wildman–Crippen LogP) is 11.5. The van der Waals surface area contributed by atoms with Gasteiger partial charge >= 0.3 is 0 Å².